The van der Waals surface area contributed by atoms with E-state index in [-0.39, 0.29) is 0 Å². The topological polar surface area (TPSA) is 95.3 Å². The number of nitrogens with one attached hydrogen (secondary N) is 1. The molecule has 0 saturated carbocycles. The van der Waals surface area contributed by atoms with Crippen molar-refractivity contribution in [1.29, 1.82) is 5.26 Å². The second-order valence-electron chi connectivity index (χ2n) is 7.59. The minimum atomic E-state index is -0.980. The van der Waals surface area contributed by atoms with Gasteiger partial charge in [-0.05, 0) is 44.2 Å². The van der Waals surface area contributed by atoms with Gasteiger partial charge in [0.05, 0.1) is 10.3 Å². The largest absolute Gasteiger partial charge is 0.448 e. The molecule has 1 atom stereocenters. The Morgan fingerprint density at radius 1 is 1.23 bits per heavy atom. The van der Waals surface area contributed by atoms with E-state index in [0.29, 0.717) is 15.4 Å². The van der Waals surface area contributed by atoms with Crippen LogP contribution in [0, 0.1) is 11.3 Å². The first-order valence-electron chi connectivity index (χ1n) is 10.0. The maximum Gasteiger partial charge on any atom is 0.349 e. The normalized spacial score (nSPS) is 14.4. The molecule has 7 nitrogen and oxygen atoms in total. The zero-order chi connectivity index (χ0) is 22.1. The molecule has 31 heavy (non-hydrogen) atoms. The summed E-state index contributed by atoms with van der Waals surface area (Å²) in [5.74, 6) is -0.987. The Morgan fingerprint density at radius 3 is 2.71 bits per heavy atom. The first kappa shape index (κ1) is 21.7. The standard InChI is InChI=1S/C21H22N4O3S3/c1-11(28-20(27)16-9-15-19(30-16)24-21(31-15)25(2)3)17(26)23-18-13(10-22)12-7-5-4-6-8-14(12)29-18/h9,11H,4-8H2,1-3H3,(H,23,26). The number of ether oxygens (including phenoxy) is 1. The van der Waals surface area contributed by atoms with E-state index in [1.807, 2.05) is 19.0 Å². The quantitative estimate of drug-likeness (QED) is 0.421. The summed E-state index contributed by atoms with van der Waals surface area (Å²) in [7, 11) is 3.84. The number of carbonyl (C=O) groups excluding carboxylic acids is 2. The Hall–Kier alpha value is -2.48. The minimum Gasteiger partial charge on any atom is -0.448 e. The number of esters is 1. The van der Waals surface area contributed by atoms with Crippen molar-refractivity contribution in [2.24, 2.45) is 0 Å². The predicted octanol–water partition coefficient (Wildman–Crippen LogP) is 4.81. The number of amides is 1. The fraction of sp³-hybridized carbons (Fsp3) is 0.429. The molecule has 0 aromatic carbocycles. The van der Waals surface area contributed by atoms with Crippen molar-refractivity contribution in [1.82, 2.24) is 4.98 Å². The lowest BCUT2D eigenvalue weighted by Gasteiger charge is -2.12. The van der Waals surface area contributed by atoms with Crippen LogP contribution in [-0.2, 0) is 22.4 Å². The fourth-order valence-corrected chi connectivity index (χ4v) is 6.71. The molecule has 3 aromatic heterocycles. The van der Waals surface area contributed by atoms with Gasteiger partial charge in [0, 0.05) is 19.0 Å². The molecule has 1 aliphatic carbocycles. The van der Waals surface area contributed by atoms with Gasteiger partial charge in [-0.25, -0.2) is 9.78 Å². The van der Waals surface area contributed by atoms with Crippen LogP contribution in [-0.4, -0.2) is 37.1 Å². The Labute approximate surface area is 192 Å². The summed E-state index contributed by atoms with van der Waals surface area (Å²) in [6, 6.07) is 4.00. The summed E-state index contributed by atoms with van der Waals surface area (Å²) in [5.41, 5.74) is 1.61. The predicted molar refractivity (Wildman–Crippen MR) is 126 cm³/mol. The van der Waals surface area contributed by atoms with E-state index in [1.165, 1.54) is 45.8 Å². The minimum absolute atomic E-state index is 0.416. The van der Waals surface area contributed by atoms with Gasteiger partial charge in [0.25, 0.3) is 5.91 Å². The number of fused-ring (bicyclic) bond motifs is 2. The van der Waals surface area contributed by atoms with E-state index >= 15 is 0 Å². The van der Waals surface area contributed by atoms with Gasteiger partial charge in [-0.3, -0.25) is 4.79 Å². The highest BCUT2D eigenvalue weighted by molar-refractivity contribution is 7.29. The van der Waals surface area contributed by atoms with E-state index in [4.69, 9.17) is 4.74 Å². The number of aryl methyl sites for hydroxylation is 1. The maximum absolute atomic E-state index is 12.7. The molecule has 0 saturated heterocycles. The number of hydrogen-bond donors (Lipinski definition) is 1. The third-order valence-corrected chi connectivity index (χ3v) is 8.60. The molecule has 0 radical (unpaired) electrons. The first-order chi connectivity index (χ1) is 14.9. The zero-order valence-electron chi connectivity index (χ0n) is 17.5. The number of hydrogen-bond acceptors (Lipinski definition) is 9. The molecule has 162 valence electrons. The van der Waals surface area contributed by atoms with Gasteiger partial charge in [-0.1, -0.05) is 17.8 Å². The number of thiophene rings is 2. The molecular weight excluding hydrogens is 452 g/mol. The van der Waals surface area contributed by atoms with Crippen LogP contribution in [0.15, 0.2) is 6.07 Å². The lowest BCUT2D eigenvalue weighted by molar-refractivity contribution is -0.123. The number of nitrogens with zero attached hydrogens (tertiary/aromatic N) is 3. The Bertz CT molecular complexity index is 1150. The smallest absolute Gasteiger partial charge is 0.349 e. The van der Waals surface area contributed by atoms with Crippen LogP contribution in [0.4, 0.5) is 10.1 Å². The van der Waals surface area contributed by atoms with Crippen LogP contribution in [0.25, 0.3) is 9.53 Å². The molecule has 3 heterocycles. The average Bonchev–Trinajstić information content (AvgIpc) is 3.34. The van der Waals surface area contributed by atoms with Gasteiger partial charge in [0.15, 0.2) is 11.2 Å². The van der Waals surface area contributed by atoms with Crippen molar-refractivity contribution in [3.63, 3.8) is 0 Å². The van der Waals surface area contributed by atoms with Gasteiger partial charge in [0.1, 0.15) is 20.8 Å². The van der Waals surface area contributed by atoms with Gasteiger partial charge in [-0.15, -0.1) is 22.7 Å². The van der Waals surface area contributed by atoms with E-state index in [2.05, 4.69) is 16.4 Å². The summed E-state index contributed by atoms with van der Waals surface area (Å²) in [5, 5.41) is 13.8. The zero-order valence-corrected chi connectivity index (χ0v) is 19.9. The third-order valence-electron chi connectivity index (χ3n) is 5.08. The van der Waals surface area contributed by atoms with Gasteiger partial charge < -0.3 is 15.0 Å². The highest BCUT2D eigenvalue weighted by atomic mass is 32.1. The van der Waals surface area contributed by atoms with Crippen molar-refractivity contribution in [3.05, 3.63) is 26.9 Å². The van der Waals surface area contributed by atoms with Gasteiger partial charge >= 0.3 is 5.97 Å². The van der Waals surface area contributed by atoms with Crippen molar-refractivity contribution < 1.29 is 14.3 Å². The number of carbonyl (C=O) groups is 2. The molecule has 1 N–H and O–H groups in total. The van der Waals surface area contributed by atoms with Crippen LogP contribution >= 0.6 is 34.0 Å². The van der Waals surface area contributed by atoms with E-state index in [1.54, 1.807) is 6.07 Å². The number of anilines is 2. The summed E-state index contributed by atoms with van der Waals surface area (Å²) in [4.78, 5) is 34.0. The molecule has 4 rings (SSSR count). The number of rotatable bonds is 5. The molecule has 10 heteroatoms. The van der Waals surface area contributed by atoms with Crippen molar-refractivity contribution >= 4 is 65.5 Å². The van der Waals surface area contributed by atoms with Crippen LogP contribution < -0.4 is 10.2 Å². The second-order valence-corrected chi connectivity index (χ2v) is 10.7. The monoisotopic (exact) mass is 474 g/mol. The number of thiazole rings is 1. The van der Waals surface area contributed by atoms with E-state index in [9.17, 15) is 14.9 Å². The van der Waals surface area contributed by atoms with Gasteiger partial charge in [0.2, 0.25) is 0 Å². The lowest BCUT2D eigenvalue weighted by atomic mass is 10.1. The molecule has 1 unspecified atom stereocenters. The van der Waals surface area contributed by atoms with Crippen LogP contribution in [0.5, 0.6) is 0 Å². The molecule has 1 amide bonds. The summed E-state index contributed by atoms with van der Waals surface area (Å²) in [6.07, 6.45) is 4.15. The van der Waals surface area contributed by atoms with Gasteiger partial charge in [-0.2, -0.15) is 5.26 Å². The summed E-state index contributed by atoms with van der Waals surface area (Å²) >= 11 is 4.22. The second kappa shape index (κ2) is 8.94. The maximum atomic E-state index is 12.7. The third kappa shape index (κ3) is 4.44. The molecule has 3 aromatic rings. The molecular formula is C21H22N4O3S3. The van der Waals surface area contributed by atoms with Crippen LogP contribution in [0.2, 0.25) is 0 Å². The average molecular weight is 475 g/mol. The molecule has 1 aliphatic rings. The van der Waals surface area contributed by atoms with Crippen LogP contribution in [0.1, 0.15) is 51.9 Å². The van der Waals surface area contributed by atoms with Crippen molar-refractivity contribution in [2.45, 2.75) is 45.1 Å². The fourth-order valence-electron chi connectivity index (χ4n) is 3.45. The molecule has 0 fully saturated rings. The molecule has 0 bridgehead atoms. The lowest BCUT2D eigenvalue weighted by Crippen LogP contribution is -2.29. The molecule has 0 spiro atoms. The molecule has 0 aliphatic heterocycles. The highest BCUT2D eigenvalue weighted by Gasteiger charge is 2.25. The first-order valence-corrected chi connectivity index (χ1v) is 12.5. The highest BCUT2D eigenvalue weighted by Crippen LogP contribution is 2.37. The summed E-state index contributed by atoms with van der Waals surface area (Å²) in [6.45, 7) is 1.54. The van der Waals surface area contributed by atoms with E-state index in [0.717, 1.165) is 52.3 Å². The number of aromatic nitrogens is 1. The SMILES string of the molecule is CC(OC(=O)c1cc2sc(N(C)C)nc2s1)C(=O)Nc1sc2c(c1C#N)CCCCC2. The Balaban J connectivity index is 1.43. The Morgan fingerprint density at radius 2 is 2.00 bits per heavy atom. The Kier molecular flexibility index (Phi) is 6.27. The van der Waals surface area contributed by atoms with Crippen LogP contribution in [0.3, 0.4) is 0 Å². The van der Waals surface area contributed by atoms with Crippen molar-refractivity contribution in [2.75, 3.05) is 24.3 Å². The number of nitriles is 1. The van der Waals surface area contributed by atoms with E-state index < -0.39 is 18.0 Å². The van der Waals surface area contributed by atoms with Crippen molar-refractivity contribution in [3.8, 4) is 6.07 Å². The summed E-state index contributed by atoms with van der Waals surface area (Å²) < 4.78 is 6.30.